The summed E-state index contributed by atoms with van der Waals surface area (Å²) in [5.74, 6) is 1.00. The van der Waals surface area contributed by atoms with Crippen LogP contribution in [0.2, 0.25) is 0 Å². The second-order valence-corrected chi connectivity index (χ2v) is 5.85. The number of hydrogen-bond acceptors (Lipinski definition) is 4. The molecule has 0 aliphatic carbocycles. The summed E-state index contributed by atoms with van der Waals surface area (Å²) in [6, 6.07) is 6.40. The van der Waals surface area contributed by atoms with Crippen molar-refractivity contribution in [2.45, 2.75) is 25.5 Å². The van der Waals surface area contributed by atoms with Gasteiger partial charge in [-0.3, -0.25) is 4.90 Å². The zero-order chi connectivity index (χ0) is 14.1. The van der Waals surface area contributed by atoms with Crippen LogP contribution in [0.1, 0.15) is 24.1 Å². The molecule has 1 aromatic carbocycles. The van der Waals surface area contributed by atoms with Gasteiger partial charge < -0.3 is 14.7 Å². The molecule has 1 saturated heterocycles. The summed E-state index contributed by atoms with van der Waals surface area (Å²) in [5, 5.41) is 10.4. The Kier molecular flexibility index (Phi) is 3.96. The molecule has 0 spiro atoms. The molecule has 0 amide bonds. The molecule has 4 nitrogen and oxygen atoms in total. The Balaban J connectivity index is 1.91. The third-order valence-corrected chi connectivity index (χ3v) is 4.52. The van der Waals surface area contributed by atoms with Gasteiger partial charge in [0.25, 0.3) is 0 Å². The highest BCUT2D eigenvalue weighted by Crippen LogP contribution is 2.38. The van der Waals surface area contributed by atoms with Gasteiger partial charge in [0.2, 0.25) is 0 Å². The standard InChI is InChI=1S/C16H24N2O2/c1-3-12-5-4-6-13-15(14(19)11-20-16(12)13)18-9-7-17(2)8-10-18/h4-6,14-15,19H,3,7-11H2,1-2H3. The molecule has 1 N–H and O–H groups in total. The Hall–Kier alpha value is -1.10. The van der Waals surface area contributed by atoms with E-state index in [4.69, 9.17) is 4.74 Å². The Bertz CT molecular complexity index is 470. The highest BCUT2D eigenvalue weighted by atomic mass is 16.5. The number of benzene rings is 1. The van der Waals surface area contributed by atoms with Crippen molar-refractivity contribution in [1.29, 1.82) is 0 Å². The van der Waals surface area contributed by atoms with E-state index >= 15 is 0 Å². The molecule has 2 atom stereocenters. The van der Waals surface area contributed by atoms with Gasteiger partial charge in [0, 0.05) is 31.7 Å². The maximum Gasteiger partial charge on any atom is 0.127 e. The number of piperazine rings is 1. The second-order valence-electron chi connectivity index (χ2n) is 5.85. The Labute approximate surface area is 120 Å². The van der Waals surface area contributed by atoms with E-state index in [0.29, 0.717) is 6.61 Å². The quantitative estimate of drug-likeness (QED) is 0.883. The Morgan fingerprint density at radius 1 is 1.25 bits per heavy atom. The number of aliphatic hydroxyl groups is 1. The molecule has 3 rings (SSSR count). The van der Waals surface area contributed by atoms with Crippen molar-refractivity contribution in [2.75, 3.05) is 39.8 Å². The fourth-order valence-corrected chi connectivity index (χ4v) is 3.30. The molecule has 0 bridgehead atoms. The summed E-state index contributed by atoms with van der Waals surface area (Å²) in [6.45, 7) is 6.69. The largest absolute Gasteiger partial charge is 0.490 e. The molecule has 1 aromatic rings. The summed E-state index contributed by atoms with van der Waals surface area (Å²) >= 11 is 0. The molecule has 2 unspecified atom stereocenters. The number of aryl methyl sites for hydroxylation is 1. The minimum Gasteiger partial charge on any atom is -0.490 e. The van der Waals surface area contributed by atoms with Crippen molar-refractivity contribution >= 4 is 0 Å². The van der Waals surface area contributed by atoms with Crippen molar-refractivity contribution in [1.82, 2.24) is 9.80 Å². The van der Waals surface area contributed by atoms with Crippen LogP contribution >= 0.6 is 0 Å². The average Bonchev–Trinajstić information content (AvgIpc) is 2.47. The van der Waals surface area contributed by atoms with Gasteiger partial charge in [-0.05, 0) is 19.0 Å². The molecular formula is C16H24N2O2. The van der Waals surface area contributed by atoms with Gasteiger partial charge in [-0.25, -0.2) is 0 Å². The normalized spacial score (nSPS) is 27.9. The van der Waals surface area contributed by atoms with Crippen molar-refractivity contribution in [3.8, 4) is 5.75 Å². The van der Waals surface area contributed by atoms with E-state index < -0.39 is 6.10 Å². The molecule has 110 valence electrons. The van der Waals surface area contributed by atoms with Crippen molar-refractivity contribution in [3.05, 3.63) is 29.3 Å². The highest BCUT2D eigenvalue weighted by molar-refractivity contribution is 5.45. The first-order valence-electron chi connectivity index (χ1n) is 7.56. The molecule has 2 heterocycles. The van der Waals surface area contributed by atoms with Gasteiger partial charge in [-0.15, -0.1) is 0 Å². The maximum absolute atomic E-state index is 10.4. The van der Waals surface area contributed by atoms with Crippen LogP contribution in [-0.4, -0.2) is 60.8 Å². The smallest absolute Gasteiger partial charge is 0.127 e. The molecule has 2 aliphatic rings. The van der Waals surface area contributed by atoms with Gasteiger partial charge in [0.15, 0.2) is 0 Å². The van der Waals surface area contributed by atoms with Crippen LogP contribution in [-0.2, 0) is 6.42 Å². The molecule has 4 heteroatoms. The molecular weight excluding hydrogens is 252 g/mol. The van der Waals surface area contributed by atoms with Crippen LogP contribution in [0.25, 0.3) is 0 Å². The predicted octanol–water partition coefficient (Wildman–Crippen LogP) is 1.29. The van der Waals surface area contributed by atoms with Crippen molar-refractivity contribution < 1.29 is 9.84 Å². The number of fused-ring (bicyclic) bond motifs is 1. The summed E-state index contributed by atoms with van der Waals surface area (Å²) in [4.78, 5) is 4.75. The first-order chi connectivity index (χ1) is 9.70. The fraction of sp³-hybridized carbons (Fsp3) is 0.625. The number of para-hydroxylation sites is 1. The number of ether oxygens (including phenoxy) is 1. The summed E-state index contributed by atoms with van der Waals surface area (Å²) in [5.41, 5.74) is 2.40. The lowest BCUT2D eigenvalue weighted by Crippen LogP contribution is -2.50. The van der Waals surface area contributed by atoms with Crippen LogP contribution in [0.5, 0.6) is 5.75 Å². The average molecular weight is 276 g/mol. The topological polar surface area (TPSA) is 35.9 Å². The van der Waals surface area contributed by atoms with E-state index in [-0.39, 0.29) is 6.04 Å². The van der Waals surface area contributed by atoms with Crippen LogP contribution in [0, 0.1) is 0 Å². The van der Waals surface area contributed by atoms with E-state index in [1.807, 2.05) is 0 Å². The van der Waals surface area contributed by atoms with Gasteiger partial charge >= 0.3 is 0 Å². The van der Waals surface area contributed by atoms with Crippen LogP contribution in [0.3, 0.4) is 0 Å². The lowest BCUT2D eigenvalue weighted by atomic mass is 9.93. The van der Waals surface area contributed by atoms with Crippen molar-refractivity contribution in [2.24, 2.45) is 0 Å². The molecule has 1 fully saturated rings. The lowest BCUT2D eigenvalue weighted by molar-refractivity contribution is -0.0155. The number of rotatable bonds is 2. The van der Waals surface area contributed by atoms with Crippen LogP contribution in [0.4, 0.5) is 0 Å². The van der Waals surface area contributed by atoms with E-state index in [2.05, 4.69) is 42.0 Å². The first-order valence-corrected chi connectivity index (χ1v) is 7.56. The highest BCUT2D eigenvalue weighted by Gasteiger charge is 2.35. The van der Waals surface area contributed by atoms with E-state index in [9.17, 15) is 5.11 Å². The Morgan fingerprint density at radius 3 is 2.70 bits per heavy atom. The van der Waals surface area contributed by atoms with Crippen molar-refractivity contribution in [3.63, 3.8) is 0 Å². The molecule has 0 aromatic heterocycles. The van der Waals surface area contributed by atoms with Gasteiger partial charge in [-0.1, -0.05) is 25.1 Å². The SMILES string of the molecule is CCc1cccc2c1OCC(O)C2N1CCN(C)CC1. The summed E-state index contributed by atoms with van der Waals surface area (Å²) < 4.78 is 5.81. The predicted molar refractivity (Wildman–Crippen MR) is 79.1 cm³/mol. The first kappa shape index (κ1) is 13.9. The van der Waals surface area contributed by atoms with E-state index in [1.165, 1.54) is 5.56 Å². The van der Waals surface area contributed by atoms with Crippen LogP contribution in [0.15, 0.2) is 18.2 Å². The maximum atomic E-state index is 10.4. The van der Waals surface area contributed by atoms with Crippen LogP contribution < -0.4 is 4.74 Å². The molecule has 20 heavy (non-hydrogen) atoms. The molecule has 0 radical (unpaired) electrons. The second kappa shape index (κ2) is 5.72. The lowest BCUT2D eigenvalue weighted by Gasteiger charge is -2.42. The number of nitrogens with zero attached hydrogens (tertiary/aromatic N) is 2. The summed E-state index contributed by atoms with van der Waals surface area (Å²) in [6.07, 6.45) is 0.535. The van der Waals surface area contributed by atoms with E-state index in [0.717, 1.165) is 43.9 Å². The van der Waals surface area contributed by atoms with E-state index in [1.54, 1.807) is 0 Å². The third kappa shape index (κ3) is 2.43. The van der Waals surface area contributed by atoms with Gasteiger partial charge in [0.05, 0.1) is 6.04 Å². The third-order valence-electron chi connectivity index (χ3n) is 4.52. The Morgan fingerprint density at radius 2 is 2.00 bits per heavy atom. The zero-order valence-corrected chi connectivity index (χ0v) is 12.4. The number of aliphatic hydroxyl groups excluding tert-OH is 1. The van der Waals surface area contributed by atoms with Gasteiger partial charge in [0.1, 0.15) is 18.5 Å². The molecule has 2 aliphatic heterocycles. The monoisotopic (exact) mass is 276 g/mol. The minimum absolute atomic E-state index is 0.0824. The van der Waals surface area contributed by atoms with Gasteiger partial charge in [-0.2, -0.15) is 0 Å². The minimum atomic E-state index is -0.432. The fourth-order valence-electron chi connectivity index (χ4n) is 3.30. The number of likely N-dealkylation sites (N-methyl/N-ethyl adjacent to an activating group) is 1. The summed E-state index contributed by atoms with van der Waals surface area (Å²) in [7, 11) is 2.15. The number of hydrogen-bond donors (Lipinski definition) is 1. The molecule has 0 saturated carbocycles. The zero-order valence-electron chi connectivity index (χ0n) is 12.4.